The van der Waals surface area contributed by atoms with Crippen LogP contribution in [0.2, 0.25) is 0 Å². The number of carbonyl (C=O) groups is 2. The van der Waals surface area contributed by atoms with Crippen molar-refractivity contribution in [3.63, 3.8) is 0 Å². The Labute approximate surface area is 145 Å². The number of nitrogens with one attached hydrogen (secondary N) is 2. The number of methoxy groups -OCH3 is 1. The lowest BCUT2D eigenvalue weighted by atomic mass is 10.1. The number of nitrogens with zero attached hydrogens (tertiary/aromatic N) is 1. The Morgan fingerprint density at radius 3 is 2.80 bits per heavy atom. The molecule has 128 valence electrons. The van der Waals surface area contributed by atoms with E-state index in [0.29, 0.717) is 17.0 Å². The fraction of sp³-hybridized carbons (Fsp3) is 0.211. The van der Waals surface area contributed by atoms with Gasteiger partial charge in [0.1, 0.15) is 5.75 Å². The maximum atomic E-state index is 12.4. The van der Waals surface area contributed by atoms with E-state index in [1.165, 1.54) is 13.2 Å². The molecule has 0 aliphatic heterocycles. The number of carbonyl (C=O) groups excluding carboxylic acids is 2. The van der Waals surface area contributed by atoms with Gasteiger partial charge in [0.25, 0.3) is 5.91 Å². The van der Waals surface area contributed by atoms with Gasteiger partial charge < -0.3 is 15.4 Å². The van der Waals surface area contributed by atoms with E-state index >= 15 is 0 Å². The molecule has 0 bridgehead atoms. The van der Waals surface area contributed by atoms with Crippen molar-refractivity contribution < 1.29 is 14.3 Å². The van der Waals surface area contributed by atoms with Gasteiger partial charge in [0.2, 0.25) is 5.91 Å². The predicted octanol–water partition coefficient (Wildman–Crippen LogP) is 2.63. The summed E-state index contributed by atoms with van der Waals surface area (Å²) in [5, 5.41) is 5.66. The Hall–Kier alpha value is -3.15. The molecule has 6 heteroatoms. The lowest BCUT2D eigenvalue weighted by Gasteiger charge is -2.12. The zero-order valence-corrected chi connectivity index (χ0v) is 13.9. The number of hydrogen-bond donors (Lipinski definition) is 2. The van der Waals surface area contributed by atoms with Gasteiger partial charge in [-0.05, 0) is 48.7 Å². The number of aromatic nitrogens is 1. The molecule has 0 radical (unpaired) electrons. The van der Waals surface area contributed by atoms with Gasteiger partial charge in [0.15, 0.2) is 0 Å². The minimum atomic E-state index is -0.325. The molecule has 1 aliphatic rings. The number of rotatable bonds is 6. The minimum Gasteiger partial charge on any atom is -0.497 e. The van der Waals surface area contributed by atoms with E-state index < -0.39 is 0 Å². The smallest absolute Gasteiger partial charge is 0.253 e. The van der Waals surface area contributed by atoms with Crippen LogP contribution in [0.5, 0.6) is 5.75 Å². The summed E-state index contributed by atoms with van der Waals surface area (Å²) in [6, 6.07) is 8.86. The van der Waals surface area contributed by atoms with Crippen molar-refractivity contribution in [1.82, 2.24) is 10.3 Å². The van der Waals surface area contributed by atoms with Crippen LogP contribution in [0.3, 0.4) is 0 Å². The van der Waals surface area contributed by atoms with Crippen molar-refractivity contribution in [2.45, 2.75) is 18.9 Å². The first kappa shape index (κ1) is 16.7. The largest absolute Gasteiger partial charge is 0.497 e. The summed E-state index contributed by atoms with van der Waals surface area (Å²) in [7, 11) is 1.53. The first-order chi connectivity index (χ1) is 12.2. The van der Waals surface area contributed by atoms with E-state index in [-0.39, 0.29) is 17.9 Å². The van der Waals surface area contributed by atoms with Crippen LogP contribution in [0.15, 0.2) is 48.8 Å². The van der Waals surface area contributed by atoms with Crippen LogP contribution in [0.25, 0.3) is 6.08 Å². The summed E-state index contributed by atoms with van der Waals surface area (Å²) in [6.45, 7) is 0. The van der Waals surface area contributed by atoms with Crippen molar-refractivity contribution in [3.05, 3.63) is 59.9 Å². The molecular weight excluding hydrogens is 318 g/mol. The molecule has 1 aromatic heterocycles. The van der Waals surface area contributed by atoms with Gasteiger partial charge in [-0.1, -0.05) is 6.07 Å². The molecule has 25 heavy (non-hydrogen) atoms. The van der Waals surface area contributed by atoms with Crippen LogP contribution < -0.4 is 15.4 Å². The van der Waals surface area contributed by atoms with E-state index in [4.69, 9.17) is 4.74 Å². The van der Waals surface area contributed by atoms with Crippen molar-refractivity contribution in [3.8, 4) is 5.75 Å². The van der Waals surface area contributed by atoms with E-state index in [9.17, 15) is 9.59 Å². The quantitative estimate of drug-likeness (QED) is 0.794. The summed E-state index contributed by atoms with van der Waals surface area (Å²) in [5.74, 6) is 0.0206. The molecule has 0 atom stereocenters. The fourth-order valence-corrected chi connectivity index (χ4v) is 2.26. The SMILES string of the molecule is COc1ccc(NC(=O)/C=C/c2cccnc2)c(C(=O)NC2CC2)c1. The highest BCUT2D eigenvalue weighted by Crippen LogP contribution is 2.25. The summed E-state index contributed by atoms with van der Waals surface area (Å²) >= 11 is 0. The highest BCUT2D eigenvalue weighted by atomic mass is 16.5. The first-order valence-electron chi connectivity index (χ1n) is 8.03. The lowest BCUT2D eigenvalue weighted by Crippen LogP contribution is -2.26. The molecule has 1 saturated carbocycles. The van der Waals surface area contributed by atoms with Gasteiger partial charge in [-0.3, -0.25) is 14.6 Å². The molecule has 0 spiro atoms. The summed E-state index contributed by atoms with van der Waals surface area (Å²) in [5.41, 5.74) is 1.65. The Kier molecular flexibility index (Phi) is 5.09. The average molecular weight is 337 g/mol. The van der Waals surface area contributed by atoms with Gasteiger partial charge >= 0.3 is 0 Å². The van der Waals surface area contributed by atoms with Gasteiger partial charge in [0, 0.05) is 24.5 Å². The molecule has 2 aromatic rings. The van der Waals surface area contributed by atoms with Crippen molar-refractivity contribution >= 4 is 23.6 Å². The fourth-order valence-electron chi connectivity index (χ4n) is 2.26. The van der Waals surface area contributed by atoms with Gasteiger partial charge in [-0.2, -0.15) is 0 Å². The number of benzene rings is 1. The Morgan fingerprint density at radius 1 is 1.28 bits per heavy atom. The van der Waals surface area contributed by atoms with Gasteiger partial charge in [-0.25, -0.2) is 0 Å². The summed E-state index contributed by atoms with van der Waals surface area (Å²) in [6.07, 6.45) is 8.38. The Bertz CT molecular complexity index is 799. The van der Waals surface area contributed by atoms with Crippen LogP contribution >= 0.6 is 0 Å². The lowest BCUT2D eigenvalue weighted by molar-refractivity contribution is -0.111. The second kappa shape index (κ2) is 7.61. The molecule has 1 aliphatic carbocycles. The average Bonchev–Trinajstić information content (AvgIpc) is 3.45. The maximum absolute atomic E-state index is 12.4. The number of ether oxygens (including phenoxy) is 1. The highest BCUT2D eigenvalue weighted by molar-refractivity contribution is 6.08. The molecular formula is C19H19N3O3. The number of hydrogen-bond acceptors (Lipinski definition) is 4. The normalized spacial score (nSPS) is 13.5. The molecule has 3 rings (SSSR count). The topological polar surface area (TPSA) is 80.3 Å². The number of anilines is 1. The third kappa shape index (κ3) is 4.67. The molecule has 0 saturated heterocycles. The highest BCUT2D eigenvalue weighted by Gasteiger charge is 2.25. The van der Waals surface area contributed by atoms with Crippen LogP contribution in [0, 0.1) is 0 Å². The van der Waals surface area contributed by atoms with Gasteiger partial charge in [0.05, 0.1) is 18.4 Å². The molecule has 2 N–H and O–H groups in total. The molecule has 6 nitrogen and oxygen atoms in total. The van der Waals surface area contributed by atoms with Gasteiger partial charge in [-0.15, -0.1) is 0 Å². The zero-order valence-electron chi connectivity index (χ0n) is 13.9. The van der Waals surface area contributed by atoms with E-state index in [2.05, 4.69) is 15.6 Å². The summed E-state index contributed by atoms with van der Waals surface area (Å²) < 4.78 is 5.18. The van der Waals surface area contributed by atoms with E-state index in [1.54, 1.807) is 42.7 Å². The van der Waals surface area contributed by atoms with Crippen LogP contribution in [-0.2, 0) is 4.79 Å². The predicted molar refractivity (Wildman–Crippen MR) is 95.4 cm³/mol. The molecule has 1 aromatic carbocycles. The number of amides is 2. The molecule has 1 heterocycles. The maximum Gasteiger partial charge on any atom is 0.253 e. The second-order valence-corrected chi connectivity index (χ2v) is 5.77. The van der Waals surface area contributed by atoms with Crippen molar-refractivity contribution in [2.75, 3.05) is 12.4 Å². The van der Waals surface area contributed by atoms with Crippen LogP contribution in [-0.4, -0.2) is 29.9 Å². The Morgan fingerprint density at radius 2 is 2.12 bits per heavy atom. The monoisotopic (exact) mass is 337 g/mol. The first-order valence-corrected chi connectivity index (χ1v) is 8.03. The molecule has 1 fully saturated rings. The van der Waals surface area contributed by atoms with Crippen molar-refractivity contribution in [2.24, 2.45) is 0 Å². The van der Waals surface area contributed by atoms with Crippen molar-refractivity contribution in [1.29, 1.82) is 0 Å². The molecule has 2 amide bonds. The molecule has 0 unspecified atom stereocenters. The second-order valence-electron chi connectivity index (χ2n) is 5.77. The van der Waals surface area contributed by atoms with Crippen LogP contribution in [0.4, 0.5) is 5.69 Å². The van der Waals surface area contributed by atoms with Crippen LogP contribution in [0.1, 0.15) is 28.8 Å². The zero-order chi connectivity index (χ0) is 17.6. The third-order valence-corrected chi connectivity index (χ3v) is 3.75. The minimum absolute atomic E-state index is 0.215. The third-order valence-electron chi connectivity index (χ3n) is 3.75. The number of pyridine rings is 1. The summed E-state index contributed by atoms with van der Waals surface area (Å²) in [4.78, 5) is 28.6. The van der Waals surface area contributed by atoms with E-state index in [1.807, 2.05) is 6.07 Å². The Balaban J connectivity index is 1.75. The standard InChI is InChI=1S/C19H19N3O3/c1-25-15-7-8-17(16(11-15)19(24)21-14-5-6-14)22-18(23)9-4-13-3-2-10-20-12-13/h2-4,7-12,14H,5-6H2,1H3,(H,21,24)(H,22,23)/b9-4+. The van der Waals surface area contributed by atoms with E-state index in [0.717, 1.165) is 18.4 Å².